The van der Waals surface area contributed by atoms with E-state index in [0.29, 0.717) is 12.0 Å². The number of nitriles is 1. The number of nitrogens with one attached hydrogen (secondary N) is 1. The normalized spacial score (nSPS) is 25.4. The summed E-state index contributed by atoms with van der Waals surface area (Å²) in [5.74, 6) is 0.571. The van der Waals surface area contributed by atoms with Crippen molar-refractivity contribution < 1.29 is 0 Å². The first kappa shape index (κ1) is 26.0. The quantitative estimate of drug-likeness (QED) is 0.414. The molecule has 2 aromatic carbocycles. The summed E-state index contributed by atoms with van der Waals surface area (Å²) >= 11 is 6.08. The molecular formula is C30H40N6S. The zero-order valence-electron chi connectivity index (χ0n) is 22.5. The zero-order valence-corrected chi connectivity index (χ0v) is 23.3. The summed E-state index contributed by atoms with van der Waals surface area (Å²) in [6.45, 7) is 10.8. The molecule has 1 aliphatic heterocycles. The monoisotopic (exact) mass is 516 g/mol. The minimum Gasteiger partial charge on any atom is -0.397 e. The Morgan fingerprint density at radius 2 is 1.95 bits per heavy atom. The SMILES string of the molecule is Cc1cc(N)c(NC(=S)N(CCCN2CCN(C)CC2)C2CC[C@]3(c4cccc(C#N)c4)C[C@H]23)cc1C. The van der Waals surface area contributed by atoms with Gasteiger partial charge in [-0.1, -0.05) is 12.1 Å². The molecule has 6 nitrogen and oxygen atoms in total. The second-order valence-corrected chi connectivity index (χ2v) is 11.8. The second kappa shape index (κ2) is 10.6. The molecule has 3 N–H and O–H groups in total. The van der Waals surface area contributed by atoms with Crippen LogP contribution >= 0.6 is 12.2 Å². The van der Waals surface area contributed by atoms with Gasteiger partial charge in [-0.2, -0.15) is 5.26 Å². The van der Waals surface area contributed by atoms with Crippen LogP contribution in [0.5, 0.6) is 0 Å². The number of nitrogens with zero attached hydrogens (tertiary/aromatic N) is 4. The average Bonchev–Trinajstić information content (AvgIpc) is 3.52. The Balaban J connectivity index is 1.32. The highest BCUT2D eigenvalue weighted by Gasteiger charge is 2.63. The van der Waals surface area contributed by atoms with Gasteiger partial charge in [-0.25, -0.2) is 0 Å². The van der Waals surface area contributed by atoms with Crippen LogP contribution in [0.4, 0.5) is 11.4 Å². The molecule has 1 saturated heterocycles. The van der Waals surface area contributed by atoms with Gasteiger partial charge in [0, 0.05) is 44.2 Å². The molecule has 3 fully saturated rings. The molecule has 0 amide bonds. The summed E-state index contributed by atoms with van der Waals surface area (Å²) < 4.78 is 0. The largest absolute Gasteiger partial charge is 0.397 e. The first-order valence-corrected chi connectivity index (χ1v) is 14.1. The van der Waals surface area contributed by atoms with E-state index in [1.54, 1.807) is 0 Å². The average molecular weight is 517 g/mol. The van der Waals surface area contributed by atoms with Crippen molar-refractivity contribution in [1.82, 2.24) is 14.7 Å². The maximum absolute atomic E-state index is 9.43. The highest BCUT2D eigenvalue weighted by molar-refractivity contribution is 7.80. The maximum Gasteiger partial charge on any atom is 0.173 e. The summed E-state index contributed by atoms with van der Waals surface area (Å²) in [4.78, 5) is 7.45. The molecule has 0 radical (unpaired) electrons. The van der Waals surface area contributed by atoms with Crippen molar-refractivity contribution in [3.63, 3.8) is 0 Å². The van der Waals surface area contributed by atoms with E-state index in [-0.39, 0.29) is 5.41 Å². The molecule has 3 atom stereocenters. The van der Waals surface area contributed by atoms with Crippen molar-refractivity contribution in [2.75, 3.05) is 57.4 Å². The maximum atomic E-state index is 9.43. The molecule has 3 aliphatic rings. The van der Waals surface area contributed by atoms with Crippen LogP contribution in [0.15, 0.2) is 36.4 Å². The number of thiocarbonyl (C=S) groups is 1. The van der Waals surface area contributed by atoms with Gasteiger partial charge in [-0.15, -0.1) is 0 Å². The van der Waals surface area contributed by atoms with Crippen LogP contribution < -0.4 is 11.1 Å². The Morgan fingerprint density at radius 1 is 1.19 bits per heavy atom. The van der Waals surface area contributed by atoms with Crippen molar-refractivity contribution in [2.45, 2.75) is 51.0 Å². The summed E-state index contributed by atoms with van der Waals surface area (Å²) in [6.07, 6.45) is 4.55. The minimum atomic E-state index is 0.197. The molecule has 0 spiro atoms. The lowest BCUT2D eigenvalue weighted by Crippen LogP contribution is -2.47. The predicted octanol–water partition coefficient (Wildman–Crippen LogP) is 4.51. The lowest BCUT2D eigenvalue weighted by atomic mass is 9.92. The number of anilines is 2. The van der Waals surface area contributed by atoms with Crippen LogP contribution in [0.25, 0.3) is 0 Å². The highest BCUT2D eigenvalue weighted by Crippen LogP contribution is 2.65. The Bertz CT molecular complexity index is 1200. The zero-order chi connectivity index (χ0) is 26.2. The van der Waals surface area contributed by atoms with E-state index in [1.165, 1.54) is 23.1 Å². The number of nitrogen functional groups attached to an aromatic ring is 1. The molecule has 196 valence electrons. The summed E-state index contributed by atoms with van der Waals surface area (Å²) in [5, 5.41) is 13.7. The lowest BCUT2D eigenvalue weighted by molar-refractivity contribution is 0.147. The fourth-order valence-corrected chi connectivity index (χ4v) is 6.90. The second-order valence-electron chi connectivity index (χ2n) is 11.4. The van der Waals surface area contributed by atoms with Crippen LogP contribution in [0, 0.1) is 31.1 Å². The summed E-state index contributed by atoms with van der Waals surface area (Å²) in [7, 11) is 2.20. The van der Waals surface area contributed by atoms with Crippen LogP contribution in [0.2, 0.25) is 0 Å². The van der Waals surface area contributed by atoms with Crippen molar-refractivity contribution in [2.24, 2.45) is 5.92 Å². The Morgan fingerprint density at radius 3 is 2.68 bits per heavy atom. The Hall–Kier alpha value is -2.66. The van der Waals surface area contributed by atoms with Crippen molar-refractivity contribution in [1.29, 1.82) is 5.26 Å². The highest BCUT2D eigenvalue weighted by atomic mass is 32.1. The minimum absolute atomic E-state index is 0.197. The van der Waals surface area contributed by atoms with Gasteiger partial charge >= 0.3 is 0 Å². The van der Waals surface area contributed by atoms with Gasteiger partial charge in [0.05, 0.1) is 23.0 Å². The van der Waals surface area contributed by atoms with Crippen molar-refractivity contribution in [3.05, 3.63) is 58.7 Å². The molecule has 2 saturated carbocycles. The van der Waals surface area contributed by atoms with E-state index in [0.717, 1.165) is 80.6 Å². The first-order valence-electron chi connectivity index (χ1n) is 13.7. The van der Waals surface area contributed by atoms with Crippen LogP contribution in [-0.2, 0) is 5.41 Å². The number of fused-ring (bicyclic) bond motifs is 1. The van der Waals surface area contributed by atoms with E-state index in [2.05, 4.69) is 65.2 Å². The fourth-order valence-electron chi connectivity index (χ4n) is 6.57. The van der Waals surface area contributed by atoms with Crippen LogP contribution in [0.3, 0.4) is 0 Å². The first-order chi connectivity index (χ1) is 17.8. The molecule has 37 heavy (non-hydrogen) atoms. The van der Waals surface area contributed by atoms with E-state index >= 15 is 0 Å². The number of piperazine rings is 1. The van der Waals surface area contributed by atoms with Gasteiger partial charge < -0.3 is 25.8 Å². The van der Waals surface area contributed by atoms with Crippen LogP contribution in [-0.4, -0.2) is 72.2 Å². The third kappa shape index (κ3) is 5.34. The number of likely N-dealkylation sites (N-methyl/N-ethyl adjacent to an activating group) is 1. The van der Waals surface area contributed by atoms with E-state index in [1.807, 2.05) is 18.2 Å². The summed E-state index contributed by atoms with van der Waals surface area (Å²) in [6, 6.07) is 15.1. The number of aryl methyl sites for hydroxylation is 2. The van der Waals surface area contributed by atoms with Gasteiger partial charge in [0.2, 0.25) is 0 Å². The molecule has 2 aliphatic carbocycles. The fraction of sp³-hybridized carbons (Fsp3) is 0.533. The van der Waals surface area contributed by atoms with E-state index in [9.17, 15) is 5.26 Å². The molecule has 0 aromatic heterocycles. The molecule has 5 rings (SSSR count). The van der Waals surface area contributed by atoms with Gasteiger partial charge in [0.15, 0.2) is 5.11 Å². The molecule has 1 heterocycles. The number of hydrogen-bond acceptors (Lipinski definition) is 5. The smallest absolute Gasteiger partial charge is 0.173 e. The summed E-state index contributed by atoms with van der Waals surface area (Å²) in [5.41, 5.74) is 12.7. The third-order valence-corrected chi connectivity index (χ3v) is 9.43. The Labute approximate surface area is 227 Å². The van der Waals surface area contributed by atoms with Crippen LogP contribution in [0.1, 0.15) is 47.9 Å². The molecule has 1 unspecified atom stereocenters. The van der Waals surface area contributed by atoms with Gasteiger partial charge in [0.25, 0.3) is 0 Å². The van der Waals surface area contributed by atoms with Crippen molar-refractivity contribution in [3.8, 4) is 6.07 Å². The standard InChI is InChI=1S/C30H40N6S/c1-21-16-26(32)27(17-22(21)2)33-29(37)36(11-5-10-35-14-12-34(3)13-15-35)28-8-9-30(19-25(28)30)24-7-4-6-23(18-24)20-31/h4,6-7,16-18,25,28H,5,8-15,19,32H2,1-3H3,(H,33,37)/t25-,28?,30-/m1/s1. The third-order valence-electron chi connectivity index (χ3n) is 9.09. The number of nitrogens with two attached hydrogens (primary N) is 1. The Kier molecular flexibility index (Phi) is 7.44. The van der Waals surface area contributed by atoms with E-state index in [4.69, 9.17) is 18.0 Å². The van der Waals surface area contributed by atoms with Crippen molar-refractivity contribution >= 4 is 28.7 Å². The van der Waals surface area contributed by atoms with Gasteiger partial charge in [-0.3, -0.25) is 0 Å². The van der Waals surface area contributed by atoms with E-state index < -0.39 is 0 Å². The number of hydrogen-bond donors (Lipinski definition) is 2. The molecule has 0 bridgehead atoms. The van der Waals surface area contributed by atoms with Gasteiger partial charge in [-0.05, 0) is 112 Å². The number of rotatable bonds is 7. The topological polar surface area (TPSA) is 71.6 Å². The lowest BCUT2D eigenvalue weighted by Gasteiger charge is -2.35. The molecule has 7 heteroatoms. The molecular weight excluding hydrogens is 476 g/mol. The van der Waals surface area contributed by atoms with Gasteiger partial charge in [0.1, 0.15) is 0 Å². The predicted molar refractivity (Wildman–Crippen MR) is 156 cm³/mol. The number of benzene rings is 2. The molecule has 2 aromatic rings.